The fraction of sp³-hybridized carbons (Fsp3) is 0.143. The molecule has 1 aromatic rings. The lowest BCUT2D eigenvalue weighted by Gasteiger charge is -2.05. The van der Waals surface area contributed by atoms with Crippen LogP contribution in [0.1, 0.15) is 5.56 Å². The molecule has 1 aromatic carbocycles. The van der Waals surface area contributed by atoms with E-state index in [4.69, 9.17) is 9.68 Å². The van der Waals surface area contributed by atoms with E-state index in [-0.39, 0.29) is 5.82 Å². The molecule has 0 fully saturated rings. The number of hydrogen-bond donors (Lipinski definition) is 1. The predicted octanol–water partition coefficient (Wildman–Crippen LogP) is 0.772. The summed E-state index contributed by atoms with van der Waals surface area (Å²) in [5.74, 6) is 0.0588. The third kappa shape index (κ3) is 1.71. The van der Waals surface area contributed by atoms with Crippen molar-refractivity contribution in [2.24, 2.45) is 0 Å². The third-order valence-corrected chi connectivity index (χ3v) is 1.44. The molecule has 0 radical (unpaired) electrons. The average Bonchev–Trinajstić information content (AvgIpc) is 1.99. The summed E-state index contributed by atoms with van der Waals surface area (Å²) in [6, 6.07) is 4.49. The van der Waals surface area contributed by atoms with Crippen LogP contribution >= 0.6 is 0 Å². The number of rotatable bonds is 2. The number of benzene rings is 1. The minimum atomic E-state index is -0.426. The van der Waals surface area contributed by atoms with E-state index >= 15 is 0 Å². The van der Waals surface area contributed by atoms with Crippen molar-refractivity contribution in [3.05, 3.63) is 29.6 Å². The zero-order valence-corrected chi connectivity index (χ0v) is 6.17. The first-order valence-electron chi connectivity index (χ1n) is 3.24. The smallest absolute Gasteiger partial charge is 0.504 e. The first-order valence-corrected chi connectivity index (χ1v) is 3.24. The van der Waals surface area contributed by atoms with Crippen LogP contribution < -0.4 is 4.65 Å². The van der Waals surface area contributed by atoms with Crippen molar-refractivity contribution in [1.29, 1.82) is 0 Å². The van der Waals surface area contributed by atoms with Crippen LogP contribution in [0.25, 0.3) is 0 Å². The zero-order chi connectivity index (χ0) is 8.27. The summed E-state index contributed by atoms with van der Waals surface area (Å²) < 4.78 is 17.5. The van der Waals surface area contributed by atoms with Gasteiger partial charge >= 0.3 is 7.69 Å². The molecule has 1 N–H and O–H groups in total. The van der Waals surface area contributed by atoms with Crippen molar-refractivity contribution in [2.75, 3.05) is 0 Å². The van der Waals surface area contributed by atoms with Gasteiger partial charge in [0.05, 0.1) is 0 Å². The van der Waals surface area contributed by atoms with E-state index in [0.29, 0.717) is 11.3 Å². The molecule has 0 atom stereocenters. The first kappa shape index (κ1) is 8.08. The molecular weight excluding hydrogens is 146 g/mol. The monoisotopic (exact) mass is 154 g/mol. The second-order valence-corrected chi connectivity index (χ2v) is 2.14. The van der Waals surface area contributed by atoms with Crippen molar-refractivity contribution < 1.29 is 14.1 Å². The van der Waals surface area contributed by atoms with E-state index in [1.54, 1.807) is 13.0 Å². The molecule has 0 amide bonds. The summed E-state index contributed by atoms with van der Waals surface area (Å²) in [5.41, 5.74) is 0.418. The Morgan fingerprint density at radius 2 is 2.27 bits per heavy atom. The van der Waals surface area contributed by atoms with Crippen molar-refractivity contribution in [3.8, 4) is 5.75 Å². The molecular formula is C7H8BFO2. The highest BCUT2D eigenvalue weighted by atomic mass is 19.1. The maximum absolute atomic E-state index is 12.7. The molecule has 0 saturated carbocycles. The molecule has 1 rings (SSSR count). The highest BCUT2D eigenvalue weighted by molar-refractivity contribution is 6.17. The fourth-order valence-corrected chi connectivity index (χ4v) is 0.814. The lowest BCUT2D eigenvalue weighted by Crippen LogP contribution is -2.01. The minimum absolute atomic E-state index is 0.323. The highest BCUT2D eigenvalue weighted by Crippen LogP contribution is 2.18. The summed E-state index contributed by atoms with van der Waals surface area (Å²) in [6.45, 7) is 1.60. The molecule has 0 aliphatic heterocycles. The molecule has 4 heteroatoms. The fourth-order valence-electron chi connectivity index (χ4n) is 0.814. The molecule has 2 nitrogen and oxygen atoms in total. The summed E-state index contributed by atoms with van der Waals surface area (Å²) >= 11 is 0. The Balaban J connectivity index is 2.96. The third-order valence-electron chi connectivity index (χ3n) is 1.44. The molecule has 0 aliphatic rings. The van der Waals surface area contributed by atoms with Gasteiger partial charge in [-0.2, -0.15) is 0 Å². The summed E-state index contributed by atoms with van der Waals surface area (Å²) in [6.07, 6.45) is 0. The number of halogens is 1. The van der Waals surface area contributed by atoms with Gasteiger partial charge in [-0.25, -0.2) is 4.39 Å². The van der Waals surface area contributed by atoms with E-state index in [0.717, 1.165) is 0 Å². The van der Waals surface area contributed by atoms with Gasteiger partial charge in [0.2, 0.25) is 0 Å². The molecule has 0 unspecified atom stereocenters. The lowest BCUT2D eigenvalue weighted by molar-refractivity contribution is 0.448. The van der Waals surface area contributed by atoms with E-state index < -0.39 is 7.69 Å². The van der Waals surface area contributed by atoms with Gasteiger partial charge in [0.15, 0.2) is 0 Å². The van der Waals surface area contributed by atoms with Crippen LogP contribution in [0.5, 0.6) is 5.75 Å². The second-order valence-electron chi connectivity index (χ2n) is 2.14. The van der Waals surface area contributed by atoms with E-state index in [2.05, 4.69) is 0 Å². The van der Waals surface area contributed by atoms with Crippen molar-refractivity contribution >= 4 is 7.69 Å². The van der Waals surface area contributed by atoms with Crippen LogP contribution in [0, 0.1) is 12.7 Å². The Morgan fingerprint density at radius 1 is 1.55 bits per heavy atom. The lowest BCUT2D eigenvalue weighted by atomic mass is 10.2. The molecule has 0 heterocycles. The largest absolute Gasteiger partial charge is 0.539 e. The topological polar surface area (TPSA) is 29.5 Å². The molecule has 0 aromatic heterocycles. The first-order chi connectivity index (χ1) is 5.25. The molecule has 0 aliphatic carbocycles. The number of hydrogen-bond acceptors (Lipinski definition) is 2. The standard InChI is InChI=1S/C7H8BFO2/c1-5-6(9)3-2-4-7(5)11-8-10/h2-4,8,10H,1H3. The van der Waals surface area contributed by atoms with Crippen LogP contribution in [0.3, 0.4) is 0 Å². The van der Waals surface area contributed by atoms with Crippen LogP contribution in [0.4, 0.5) is 4.39 Å². The second kappa shape index (κ2) is 3.39. The molecule has 0 saturated heterocycles. The maximum atomic E-state index is 12.7. The quantitative estimate of drug-likeness (QED) is 0.637. The van der Waals surface area contributed by atoms with Crippen LogP contribution in [-0.4, -0.2) is 12.7 Å². The van der Waals surface area contributed by atoms with Gasteiger partial charge in [0.1, 0.15) is 11.6 Å². The van der Waals surface area contributed by atoms with E-state index in [1.807, 2.05) is 0 Å². The summed E-state index contributed by atoms with van der Waals surface area (Å²) in [5, 5.41) is 8.39. The van der Waals surface area contributed by atoms with Gasteiger partial charge in [-0.05, 0) is 19.1 Å². The Labute approximate surface area is 64.9 Å². The average molecular weight is 154 g/mol. The van der Waals surface area contributed by atoms with E-state index in [1.165, 1.54) is 12.1 Å². The van der Waals surface area contributed by atoms with Gasteiger partial charge in [0.25, 0.3) is 0 Å². The normalized spacial score (nSPS) is 9.36. The highest BCUT2D eigenvalue weighted by Gasteiger charge is 2.02. The van der Waals surface area contributed by atoms with Gasteiger partial charge in [-0.1, -0.05) is 6.07 Å². The summed E-state index contributed by atoms with van der Waals surface area (Å²) in [7, 11) is -0.426. The van der Waals surface area contributed by atoms with Gasteiger partial charge in [-0.15, -0.1) is 0 Å². The zero-order valence-electron chi connectivity index (χ0n) is 6.17. The van der Waals surface area contributed by atoms with Crippen LogP contribution in [-0.2, 0) is 0 Å². The molecule has 0 spiro atoms. The van der Waals surface area contributed by atoms with Crippen LogP contribution in [0.2, 0.25) is 0 Å². The van der Waals surface area contributed by atoms with Crippen molar-refractivity contribution in [2.45, 2.75) is 6.92 Å². The Kier molecular flexibility index (Phi) is 2.49. The molecule has 58 valence electrons. The van der Waals surface area contributed by atoms with E-state index in [9.17, 15) is 4.39 Å². The SMILES string of the molecule is Cc1c(F)cccc1OBO. The Morgan fingerprint density at radius 3 is 2.91 bits per heavy atom. The Hall–Kier alpha value is -1.03. The van der Waals surface area contributed by atoms with Gasteiger partial charge in [0, 0.05) is 5.56 Å². The predicted molar refractivity (Wildman–Crippen MR) is 41.1 cm³/mol. The van der Waals surface area contributed by atoms with Gasteiger partial charge in [-0.3, -0.25) is 0 Å². The van der Waals surface area contributed by atoms with Crippen molar-refractivity contribution in [1.82, 2.24) is 0 Å². The summed E-state index contributed by atoms with van der Waals surface area (Å²) in [4.78, 5) is 0. The minimum Gasteiger partial charge on any atom is -0.539 e. The molecule has 0 bridgehead atoms. The Bertz CT molecular complexity index is 252. The maximum Gasteiger partial charge on any atom is 0.504 e. The van der Waals surface area contributed by atoms with Crippen molar-refractivity contribution in [3.63, 3.8) is 0 Å². The molecule has 11 heavy (non-hydrogen) atoms. The van der Waals surface area contributed by atoms with Gasteiger partial charge < -0.3 is 9.68 Å². The van der Waals surface area contributed by atoms with Crippen LogP contribution in [0.15, 0.2) is 18.2 Å².